The summed E-state index contributed by atoms with van der Waals surface area (Å²) in [6.45, 7) is 13.8. The van der Waals surface area contributed by atoms with Gasteiger partial charge in [0.25, 0.3) is 0 Å². The number of ketones is 1. The number of hydrogen-bond donors (Lipinski definition) is 0. The third-order valence-corrected chi connectivity index (χ3v) is 11.1. The molecular weight excluding hydrogens is 444 g/mol. The molecule has 0 N–H and O–H groups in total. The third kappa shape index (κ3) is 2.58. The van der Waals surface area contributed by atoms with Gasteiger partial charge in [-0.25, -0.2) is 4.79 Å². The van der Waals surface area contributed by atoms with Crippen LogP contribution in [0.5, 0.6) is 0 Å². The van der Waals surface area contributed by atoms with Gasteiger partial charge in [-0.3, -0.25) is 4.79 Å². The van der Waals surface area contributed by atoms with E-state index in [2.05, 4.69) is 47.6 Å². The van der Waals surface area contributed by atoms with E-state index < -0.39 is 34.1 Å². The number of allylic oxidation sites excluding steroid dienone is 2. The summed E-state index contributed by atoms with van der Waals surface area (Å²) in [4.78, 5) is 26.3. The van der Waals surface area contributed by atoms with Gasteiger partial charge in [0.1, 0.15) is 11.7 Å². The molecule has 2 aliphatic heterocycles. The Balaban J connectivity index is 1.53. The Morgan fingerprint density at radius 1 is 1.09 bits per heavy atom. The molecule has 4 fully saturated rings. The molecule has 0 bridgehead atoms. The number of fused-ring (bicyclic) bond motifs is 3. The molecule has 0 amide bonds. The van der Waals surface area contributed by atoms with Crippen molar-refractivity contribution in [1.82, 2.24) is 0 Å². The molecule has 9 atom stereocenters. The van der Waals surface area contributed by atoms with E-state index in [-0.39, 0.29) is 35.1 Å². The first-order valence-electron chi connectivity index (χ1n) is 13.2. The van der Waals surface area contributed by atoms with Gasteiger partial charge in [-0.1, -0.05) is 47.6 Å². The van der Waals surface area contributed by atoms with Crippen LogP contribution in [0.25, 0.3) is 0 Å². The second kappa shape index (κ2) is 7.10. The van der Waals surface area contributed by atoms with Gasteiger partial charge in [0.15, 0.2) is 11.9 Å². The molecule has 190 valence electrons. The lowest BCUT2D eigenvalue weighted by atomic mass is 9.35. The Bertz CT molecular complexity index is 1090. The Morgan fingerprint density at radius 2 is 1.86 bits per heavy atom. The number of rotatable bonds is 4. The summed E-state index contributed by atoms with van der Waals surface area (Å²) in [7, 11) is 0. The minimum atomic E-state index is -0.688. The first-order valence-corrected chi connectivity index (χ1v) is 13.2. The SMILES string of the molecule is CCCO[C@@H]1C[C@H]2C(C)(C)C(=O)C=C[C@]2(C)[C@H]2CC[C@@]3(C)[C@@H](c4ccoc4)OC(=O)[C@H]4O[C@]43[C@@]21C. The molecule has 2 saturated heterocycles. The van der Waals surface area contributed by atoms with Crippen LogP contribution < -0.4 is 0 Å². The van der Waals surface area contributed by atoms with Crippen LogP contribution in [-0.2, 0) is 23.8 Å². The molecule has 5 aliphatic rings. The maximum atomic E-state index is 13.3. The quantitative estimate of drug-likeness (QED) is 0.421. The number of cyclic esters (lactones) is 1. The number of hydrogen-bond acceptors (Lipinski definition) is 6. The molecule has 0 unspecified atom stereocenters. The summed E-state index contributed by atoms with van der Waals surface area (Å²) in [5, 5.41) is 0. The molecule has 6 rings (SSSR count). The molecule has 0 aromatic carbocycles. The first kappa shape index (κ1) is 23.5. The maximum absolute atomic E-state index is 13.3. The highest BCUT2D eigenvalue weighted by atomic mass is 16.7. The first-order chi connectivity index (χ1) is 16.5. The number of carbonyl (C=O) groups excluding carboxylic acids is 2. The van der Waals surface area contributed by atoms with E-state index in [0.29, 0.717) is 6.61 Å². The highest BCUT2D eigenvalue weighted by Gasteiger charge is 2.88. The Kier molecular flexibility index (Phi) is 4.76. The monoisotopic (exact) mass is 482 g/mol. The van der Waals surface area contributed by atoms with Crippen molar-refractivity contribution in [1.29, 1.82) is 0 Å². The lowest BCUT2D eigenvalue weighted by molar-refractivity contribution is -0.255. The van der Waals surface area contributed by atoms with Gasteiger partial charge in [0.05, 0.1) is 18.6 Å². The third-order valence-electron chi connectivity index (χ3n) is 11.1. The largest absolute Gasteiger partial charge is 0.472 e. The minimum absolute atomic E-state index is 0.121. The summed E-state index contributed by atoms with van der Waals surface area (Å²) in [5.41, 5.74) is -1.31. The molecule has 2 saturated carbocycles. The number of ether oxygens (including phenoxy) is 3. The molecule has 3 aliphatic carbocycles. The average Bonchev–Trinajstić information content (AvgIpc) is 3.38. The van der Waals surface area contributed by atoms with Crippen LogP contribution in [0.15, 0.2) is 35.2 Å². The van der Waals surface area contributed by atoms with E-state index in [1.54, 1.807) is 12.5 Å². The highest BCUT2D eigenvalue weighted by Crippen LogP contribution is 2.79. The van der Waals surface area contributed by atoms with Crippen molar-refractivity contribution < 1.29 is 28.2 Å². The van der Waals surface area contributed by atoms with Crippen LogP contribution in [0, 0.1) is 33.5 Å². The molecular formula is C29H38O6. The van der Waals surface area contributed by atoms with Gasteiger partial charge < -0.3 is 18.6 Å². The Labute approximate surface area is 207 Å². The van der Waals surface area contributed by atoms with E-state index in [1.165, 1.54) is 0 Å². The van der Waals surface area contributed by atoms with Crippen LogP contribution in [-0.4, -0.2) is 36.2 Å². The van der Waals surface area contributed by atoms with E-state index in [9.17, 15) is 9.59 Å². The molecule has 1 aromatic rings. The van der Waals surface area contributed by atoms with Gasteiger partial charge in [-0.05, 0) is 55.1 Å². The number of furan rings is 1. The van der Waals surface area contributed by atoms with Crippen LogP contribution >= 0.6 is 0 Å². The number of esters is 1. The van der Waals surface area contributed by atoms with Gasteiger partial charge in [0.2, 0.25) is 0 Å². The predicted molar refractivity (Wildman–Crippen MR) is 128 cm³/mol. The summed E-state index contributed by atoms with van der Waals surface area (Å²) < 4.78 is 24.8. The Hall–Kier alpha value is -1.92. The molecule has 35 heavy (non-hydrogen) atoms. The average molecular weight is 483 g/mol. The van der Waals surface area contributed by atoms with Crippen molar-refractivity contribution in [3.63, 3.8) is 0 Å². The normalized spacial score (nSPS) is 49.4. The molecule has 1 spiro atoms. The van der Waals surface area contributed by atoms with Gasteiger partial charge in [-0.15, -0.1) is 0 Å². The van der Waals surface area contributed by atoms with Crippen molar-refractivity contribution in [2.24, 2.45) is 33.5 Å². The molecule has 6 heteroatoms. The number of carbonyl (C=O) groups is 2. The van der Waals surface area contributed by atoms with Crippen molar-refractivity contribution in [2.45, 2.75) is 91.1 Å². The Morgan fingerprint density at radius 3 is 2.54 bits per heavy atom. The smallest absolute Gasteiger partial charge is 0.339 e. The zero-order chi connectivity index (χ0) is 25.0. The van der Waals surface area contributed by atoms with Crippen LogP contribution in [0.2, 0.25) is 0 Å². The molecule has 1 aromatic heterocycles. The van der Waals surface area contributed by atoms with Crippen molar-refractivity contribution in [3.05, 3.63) is 36.3 Å². The lowest BCUT2D eigenvalue weighted by Crippen LogP contribution is -2.72. The second-order valence-electron chi connectivity index (χ2n) is 12.8. The fourth-order valence-electron chi connectivity index (χ4n) is 9.33. The lowest BCUT2D eigenvalue weighted by Gasteiger charge is -2.69. The van der Waals surface area contributed by atoms with Gasteiger partial charge in [-0.2, -0.15) is 0 Å². The van der Waals surface area contributed by atoms with Crippen molar-refractivity contribution in [2.75, 3.05) is 6.61 Å². The van der Waals surface area contributed by atoms with Crippen molar-refractivity contribution >= 4 is 11.8 Å². The summed E-state index contributed by atoms with van der Waals surface area (Å²) >= 11 is 0. The fraction of sp³-hybridized carbons (Fsp3) is 0.724. The van der Waals surface area contributed by atoms with E-state index in [1.807, 2.05) is 12.1 Å². The number of epoxide rings is 1. The van der Waals surface area contributed by atoms with Crippen LogP contribution in [0.4, 0.5) is 0 Å². The summed E-state index contributed by atoms with van der Waals surface area (Å²) in [6.07, 6.45) is 9.67. The van der Waals surface area contributed by atoms with E-state index >= 15 is 0 Å². The molecule has 6 nitrogen and oxygen atoms in total. The summed E-state index contributed by atoms with van der Waals surface area (Å²) in [5.74, 6) is 0.268. The second-order valence-corrected chi connectivity index (χ2v) is 12.8. The van der Waals surface area contributed by atoms with E-state index in [0.717, 1.165) is 31.2 Å². The van der Waals surface area contributed by atoms with Crippen molar-refractivity contribution in [3.8, 4) is 0 Å². The summed E-state index contributed by atoms with van der Waals surface area (Å²) in [6, 6.07) is 1.90. The minimum Gasteiger partial charge on any atom is -0.472 e. The molecule has 0 radical (unpaired) electrons. The zero-order valence-electron chi connectivity index (χ0n) is 21.8. The maximum Gasteiger partial charge on any atom is 0.339 e. The fourth-order valence-corrected chi connectivity index (χ4v) is 9.33. The molecule has 3 heterocycles. The highest BCUT2D eigenvalue weighted by molar-refractivity contribution is 5.95. The van der Waals surface area contributed by atoms with Gasteiger partial charge in [0, 0.05) is 28.4 Å². The van der Waals surface area contributed by atoms with Crippen LogP contribution in [0.3, 0.4) is 0 Å². The standard InChI is InChI=1S/C29H38O6/c1-7-13-33-21-15-19-25(2,3)20(30)9-11-26(19,4)18-8-12-27(5)22(17-10-14-32-16-17)34-24(31)23-29(27,35-23)28(18,21)6/h9-11,14,16,18-19,21-23H,7-8,12-13,15H2,1-6H3/t18-,19+,21-,22-,23-,26-,27+,28+,29-/m1/s1. The van der Waals surface area contributed by atoms with Crippen LogP contribution in [0.1, 0.15) is 78.9 Å². The zero-order valence-corrected chi connectivity index (χ0v) is 21.8. The van der Waals surface area contributed by atoms with E-state index in [4.69, 9.17) is 18.6 Å². The predicted octanol–water partition coefficient (Wildman–Crippen LogP) is 5.42. The topological polar surface area (TPSA) is 78.3 Å². The van der Waals surface area contributed by atoms with Gasteiger partial charge >= 0.3 is 5.97 Å².